The molecule has 1 unspecified atom stereocenters. The molecule has 1 nitrogen and oxygen atoms in total. The summed E-state index contributed by atoms with van der Waals surface area (Å²) in [6.07, 6.45) is 1.11. The minimum Gasteiger partial charge on any atom is -0.496 e. The molecule has 0 N–H and O–H groups in total. The highest BCUT2D eigenvalue weighted by atomic mass is 79.9. The molecule has 2 rings (SSSR count). The zero-order valence-corrected chi connectivity index (χ0v) is 14.9. The molecule has 0 aliphatic rings. The minimum absolute atomic E-state index is 0.0952. The monoisotopic (exact) mass is 366 g/mol. The molecule has 0 spiro atoms. The number of benzene rings is 2. The molecule has 0 fully saturated rings. The Morgan fingerprint density at radius 1 is 1.10 bits per heavy atom. The van der Waals surface area contributed by atoms with E-state index in [2.05, 4.69) is 54.0 Å². The third-order valence-electron chi connectivity index (χ3n) is 3.38. The van der Waals surface area contributed by atoms with Crippen LogP contribution < -0.4 is 4.74 Å². The Labute approximate surface area is 140 Å². The maximum atomic E-state index is 6.02. The van der Waals surface area contributed by atoms with Crippen LogP contribution in [0.2, 0.25) is 5.02 Å². The van der Waals surface area contributed by atoms with Gasteiger partial charge in [-0.1, -0.05) is 71.7 Å². The fraction of sp³-hybridized carbons (Fsp3) is 0.333. The Balaban J connectivity index is 2.25. The second-order valence-electron chi connectivity index (χ2n) is 5.59. The van der Waals surface area contributed by atoms with E-state index in [1.54, 1.807) is 7.11 Å². The highest BCUT2D eigenvalue weighted by molar-refractivity contribution is 9.09. The van der Waals surface area contributed by atoms with E-state index in [0.717, 1.165) is 17.7 Å². The maximum Gasteiger partial charge on any atom is 0.125 e. The summed E-state index contributed by atoms with van der Waals surface area (Å²) in [7, 11) is 1.67. The van der Waals surface area contributed by atoms with Crippen molar-refractivity contribution in [1.82, 2.24) is 0 Å². The van der Waals surface area contributed by atoms with E-state index in [9.17, 15) is 0 Å². The zero-order valence-electron chi connectivity index (χ0n) is 12.6. The average molecular weight is 368 g/mol. The van der Waals surface area contributed by atoms with E-state index >= 15 is 0 Å². The van der Waals surface area contributed by atoms with Gasteiger partial charge >= 0.3 is 0 Å². The molecule has 0 amide bonds. The van der Waals surface area contributed by atoms with Crippen molar-refractivity contribution >= 4 is 27.5 Å². The number of ether oxygens (including phenoxy) is 1. The molecular weight excluding hydrogens is 348 g/mol. The van der Waals surface area contributed by atoms with Crippen LogP contribution in [0, 0.1) is 5.92 Å². The molecule has 2 aromatic rings. The number of methoxy groups -OCH3 is 1. The fourth-order valence-electron chi connectivity index (χ4n) is 2.37. The van der Waals surface area contributed by atoms with Gasteiger partial charge in [-0.25, -0.2) is 0 Å². The van der Waals surface area contributed by atoms with Crippen LogP contribution in [-0.4, -0.2) is 7.11 Å². The van der Waals surface area contributed by atoms with Crippen molar-refractivity contribution in [3.63, 3.8) is 0 Å². The number of halogens is 2. The summed E-state index contributed by atoms with van der Waals surface area (Å²) < 4.78 is 5.43. The molecule has 0 aliphatic carbocycles. The first-order chi connectivity index (χ1) is 10.0. The number of hydrogen-bond donors (Lipinski definition) is 0. The van der Waals surface area contributed by atoms with Crippen molar-refractivity contribution in [2.45, 2.75) is 25.1 Å². The molecule has 21 heavy (non-hydrogen) atoms. The molecule has 0 heterocycles. The van der Waals surface area contributed by atoms with Gasteiger partial charge in [0.1, 0.15) is 5.75 Å². The summed E-state index contributed by atoms with van der Waals surface area (Å²) >= 11 is 9.78. The van der Waals surface area contributed by atoms with Crippen molar-refractivity contribution in [2.75, 3.05) is 7.11 Å². The first-order valence-corrected chi connectivity index (χ1v) is 8.37. The molecule has 0 saturated heterocycles. The quantitative estimate of drug-likeness (QED) is 0.586. The lowest BCUT2D eigenvalue weighted by atomic mass is 9.99. The van der Waals surface area contributed by atoms with Crippen LogP contribution >= 0.6 is 27.5 Å². The third-order valence-corrected chi connectivity index (χ3v) is 4.64. The summed E-state index contributed by atoms with van der Waals surface area (Å²) in [5, 5.41) is 0.683. The Hall–Kier alpha value is -0.990. The fourth-order valence-corrected chi connectivity index (χ4v) is 3.21. The molecule has 0 aromatic heterocycles. The van der Waals surface area contributed by atoms with Crippen LogP contribution in [0.1, 0.15) is 35.4 Å². The van der Waals surface area contributed by atoms with Crippen molar-refractivity contribution in [3.05, 3.63) is 64.2 Å². The van der Waals surface area contributed by atoms with E-state index in [1.807, 2.05) is 18.2 Å². The lowest BCUT2D eigenvalue weighted by Crippen LogP contribution is -1.98. The Morgan fingerprint density at radius 3 is 2.33 bits per heavy atom. The first-order valence-electron chi connectivity index (χ1n) is 7.07. The van der Waals surface area contributed by atoms with Gasteiger partial charge in [-0.05, 0) is 35.6 Å². The second-order valence-corrected chi connectivity index (χ2v) is 6.94. The summed E-state index contributed by atoms with van der Waals surface area (Å²) in [6, 6.07) is 14.5. The van der Waals surface area contributed by atoms with Crippen molar-refractivity contribution in [3.8, 4) is 5.75 Å². The van der Waals surface area contributed by atoms with Gasteiger partial charge in [-0.15, -0.1) is 0 Å². The standard InChI is InChI=1S/C18H20BrClO/c1-12(2)10-13-4-6-14(7-5-13)18(19)16-9-8-15(20)11-17(16)21-3/h4-9,11-12,18H,10H2,1-3H3. The van der Waals surface area contributed by atoms with Gasteiger partial charge in [-0.3, -0.25) is 0 Å². The summed E-state index contributed by atoms with van der Waals surface area (Å²) in [5.41, 5.74) is 3.66. The van der Waals surface area contributed by atoms with Crippen molar-refractivity contribution in [1.29, 1.82) is 0 Å². The molecular formula is C18H20BrClO. The SMILES string of the molecule is COc1cc(Cl)ccc1C(Br)c1ccc(CC(C)C)cc1. The largest absolute Gasteiger partial charge is 0.496 e. The lowest BCUT2D eigenvalue weighted by molar-refractivity contribution is 0.410. The maximum absolute atomic E-state index is 6.02. The summed E-state index contributed by atoms with van der Waals surface area (Å²) in [4.78, 5) is 0.0952. The van der Waals surface area contributed by atoms with E-state index in [4.69, 9.17) is 16.3 Å². The van der Waals surface area contributed by atoms with E-state index < -0.39 is 0 Å². The highest BCUT2D eigenvalue weighted by Crippen LogP contribution is 2.37. The number of hydrogen-bond acceptors (Lipinski definition) is 1. The molecule has 0 radical (unpaired) electrons. The van der Waals surface area contributed by atoms with Gasteiger partial charge in [0.05, 0.1) is 11.9 Å². The predicted molar refractivity (Wildman–Crippen MR) is 93.8 cm³/mol. The molecule has 0 aliphatic heterocycles. The highest BCUT2D eigenvalue weighted by Gasteiger charge is 2.15. The second kappa shape index (κ2) is 7.33. The third kappa shape index (κ3) is 4.24. The zero-order chi connectivity index (χ0) is 15.4. The van der Waals surface area contributed by atoms with E-state index in [0.29, 0.717) is 10.9 Å². The topological polar surface area (TPSA) is 9.23 Å². The smallest absolute Gasteiger partial charge is 0.125 e. The average Bonchev–Trinajstić information content (AvgIpc) is 2.46. The molecule has 3 heteroatoms. The van der Waals surface area contributed by atoms with Gasteiger partial charge in [0.15, 0.2) is 0 Å². The normalized spacial score (nSPS) is 12.5. The lowest BCUT2D eigenvalue weighted by Gasteiger charge is -2.15. The van der Waals surface area contributed by atoms with Gasteiger partial charge in [-0.2, -0.15) is 0 Å². The van der Waals surface area contributed by atoms with Crippen molar-refractivity contribution < 1.29 is 4.74 Å². The van der Waals surface area contributed by atoms with Gasteiger partial charge < -0.3 is 4.74 Å². The van der Waals surface area contributed by atoms with E-state index in [1.165, 1.54) is 11.1 Å². The van der Waals surface area contributed by atoms with Gasteiger partial charge in [0.25, 0.3) is 0 Å². The Kier molecular flexibility index (Phi) is 5.72. The van der Waals surface area contributed by atoms with Crippen molar-refractivity contribution in [2.24, 2.45) is 5.92 Å². The summed E-state index contributed by atoms with van der Waals surface area (Å²) in [5.74, 6) is 1.47. The molecule has 1 atom stereocenters. The minimum atomic E-state index is 0.0952. The molecule has 0 saturated carbocycles. The summed E-state index contributed by atoms with van der Waals surface area (Å²) in [6.45, 7) is 4.47. The number of alkyl halides is 1. The molecule has 2 aromatic carbocycles. The van der Waals surface area contributed by atoms with Crippen LogP contribution in [0.15, 0.2) is 42.5 Å². The van der Waals surface area contributed by atoms with Crippen LogP contribution in [0.4, 0.5) is 0 Å². The van der Waals surface area contributed by atoms with Crippen LogP contribution in [0.5, 0.6) is 5.75 Å². The van der Waals surface area contributed by atoms with Crippen LogP contribution in [-0.2, 0) is 6.42 Å². The van der Waals surface area contributed by atoms with Crippen LogP contribution in [0.25, 0.3) is 0 Å². The molecule has 0 bridgehead atoms. The predicted octanol–water partition coefficient (Wildman–Crippen LogP) is 6.03. The van der Waals surface area contributed by atoms with Crippen LogP contribution in [0.3, 0.4) is 0 Å². The van der Waals surface area contributed by atoms with Gasteiger partial charge in [0, 0.05) is 10.6 Å². The first kappa shape index (κ1) is 16.4. The van der Waals surface area contributed by atoms with E-state index in [-0.39, 0.29) is 4.83 Å². The molecule has 112 valence electrons. The van der Waals surface area contributed by atoms with Gasteiger partial charge in [0.2, 0.25) is 0 Å². The number of rotatable bonds is 5. The Morgan fingerprint density at radius 2 is 1.76 bits per heavy atom. The Bertz CT molecular complexity index is 593.